The molecule has 0 saturated heterocycles. The summed E-state index contributed by atoms with van der Waals surface area (Å²) in [7, 11) is -1.65. The van der Waals surface area contributed by atoms with Crippen molar-refractivity contribution >= 4 is 14.7 Å². The highest BCUT2D eigenvalue weighted by Crippen LogP contribution is 2.36. The van der Waals surface area contributed by atoms with Gasteiger partial charge in [0.25, 0.3) is 0 Å². The molecule has 0 aliphatic heterocycles. The van der Waals surface area contributed by atoms with E-state index in [4.69, 9.17) is 4.43 Å². The summed E-state index contributed by atoms with van der Waals surface area (Å²) < 4.78 is 6.08. The maximum absolute atomic E-state index is 11.0. The molecule has 0 bridgehead atoms. The van der Waals surface area contributed by atoms with E-state index in [1.54, 1.807) is 0 Å². The minimum atomic E-state index is -1.65. The van der Waals surface area contributed by atoms with Gasteiger partial charge in [0, 0.05) is 12.6 Å². The second-order valence-corrected chi connectivity index (χ2v) is 11.3. The van der Waals surface area contributed by atoms with Gasteiger partial charge in [-0.15, -0.1) is 0 Å². The number of hydrogen-bond acceptors (Lipinski definition) is 2. The van der Waals surface area contributed by atoms with Crippen LogP contribution in [0.3, 0.4) is 0 Å². The molecule has 0 radical (unpaired) electrons. The van der Waals surface area contributed by atoms with Gasteiger partial charge >= 0.3 is 0 Å². The largest absolute Gasteiger partial charge is 0.415 e. The summed E-state index contributed by atoms with van der Waals surface area (Å²) in [6.45, 7) is 12.7. The second-order valence-electron chi connectivity index (χ2n) is 6.54. The van der Waals surface area contributed by atoms with Crippen LogP contribution >= 0.6 is 0 Å². The van der Waals surface area contributed by atoms with E-state index < -0.39 is 8.32 Å². The fraction of sp³-hybridized carbons (Fsp3) is 0.923. The Labute approximate surface area is 107 Å². The number of carbonyl (C=O) groups excluding carboxylic acids is 1. The summed E-state index contributed by atoms with van der Waals surface area (Å²) in [6.07, 6.45) is 4.58. The highest BCUT2D eigenvalue weighted by atomic mass is 28.4. The van der Waals surface area contributed by atoms with Crippen LogP contribution in [0.5, 0.6) is 0 Å². The zero-order chi connectivity index (χ0) is 13.1. The molecule has 0 spiro atoms. The van der Waals surface area contributed by atoms with Gasteiger partial charge in [0.1, 0.15) is 0 Å². The lowest BCUT2D eigenvalue weighted by molar-refractivity contribution is -0.122. The number of amides is 1. The Bertz CT molecular complexity index is 257. The second kappa shape index (κ2) is 5.53. The number of nitrogens with zero attached hydrogens (tertiary/aromatic N) is 1. The first-order valence-electron chi connectivity index (χ1n) is 6.63. The van der Waals surface area contributed by atoms with Gasteiger partial charge in [0.15, 0.2) is 8.32 Å². The van der Waals surface area contributed by atoms with Gasteiger partial charge < -0.3 is 9.33 Å². The number of carbonyl (C=O) groups is 1. The Morgan fingerprint density at radius 2 is 1.94 bits per heavy atom. The van der Waals surface area contributed by atoms with Gasteiger partial charge in [-0.1, -0.05) is 20.8 Å². The van der Waals surface area contributed by atoms with Crippen LogP contribution in [0.15, 0.2) is 0 Å². The zero-order valence-corrected chi connectivity index (χ0v) is 13.0. The molecule has 1 aliphatic carbocycles. The van der Waals surface area contributed by atoms with E-state index >= 15 is 0 Å². The first-order chi connectivity index (χ1) is 7.78. The first-order valence-corrected chi connectivity index (χ1v) is 9.54. The predicted octanol–water partition coefficient (Wildman–Crippen LogP) is 3.02. The highest BCUT2D eigenvalue weighted by molar-refractivity contribution is 6.74. The molecule has 3 nitrogen and oxygen atoms in total. The lowest BCUT2D eigenvalue weighted by Gasteiger charge is -2.38. The Balaban J connectivity index is 2.33. The van der Waals surface area contributed by atoms with Crippen LogP contribution < -0.4 is 0 Å². The third-order valence-electron chi connectivity index (χ3n) is 4.30. The predicted molar refractivity (Wildman–Crippen MR) is 73.6 cm³/mol. The van der Waals surface area contributed by atoms with E-state index in [2.05, 4.69) is 33.9 Å². The van der Waals surface area contributed by atoms with Crippen LogP contribution in [0.2, 0.25) is 18.1 Å². The van der Waals surface area contributed by atoms with Gasteiger partial charge in [-0.2, -0.15) is 0 Å². The molecule has 1 rings (SSSR count). The number of rotatable bonds is 6. The molecule has 0 atom stereocenters. The monoisotopic (exact) mass is 257 g/mol. The quantitative estimate of drug-likeness (QED) is 0.541. The van der Waals surface area contributed by atoms with Crippen molar-refractivity contribution in [2.45, 2.75) is 64.2 Å². The van der Waals surface area contributed by atoms with E-state index in [0.29, 0.717) is 12.6 Å². The van der Waals surface area contributed by atoms with E-state index in [-0.39, 0.29) is 5.04 Å². The molecule has 0 aromatic carbocycles. The summed E-state index contributed by atoms with van der Waals surface area (Å²) in [4.78, 5) is 12.9. The summed E-state index contributed by atoms with van der Waals surface area (Å²) >= 11 is 0. The van der Waals surface area contributed by atoms with Gasteiger partial charge in [0.05, 0.1) is 6.61 Å². The van der Waals surface area contributed by atoms with Crippen molar-refractivity contribution in [3.05, 3.63) is 0 Å². The average Bonchev–Trinajstić information content (AvgIpc) is 2.11. The molecular formula is C13H27NO2Si. The maximum Gasteiger partial charge on any atom is 0.210 e. The van der Waals surface area contributed by atoms with E-state index in [1.165, 1.54) is 19.3 Å². The molecule has 1 aliphatic rings. The normalized spacial score (nSPS) is 17.7. The van der Waals surface area contributed by atoms with Crippen molar-refractivity contribution in [2.24, 2.45) is 0 Å². The zero-order valence-electron chi connectivity index (χ0n) is 12.0. The Hall–Kier alpha value is -0.353. The molecule has 4 heteroatoms. The van der Waals surface area contributed by atoms with Crippen LogP contribution in [-0.2, 0) is 9.22 Å². The maximum atomic E-state index is 11.0. The Morgan fingerprint density at radius 3 is 2.29 bits per heavy atom. The standard InChI is InChI=1S/C13H27NO2Si/c1-13(2,3)17(4,5)16-10-9-14(11-15)12-7-6-8-12/h11-12H,6-10H2,1-5H3. The van der Waals surface area contributed by atoms with E-state index in [9.17, 15) is 4.79 Å². The van der Waals surface area contributed by atoms with Crippen molar-refractivity contribution in [1.29, 1.82) is 0 Å². The molecule has 0 aromatic rings. The van der Waals surface area contributed by atoms with Crippen molar-refractivity contribution < 1.29 is 9.22 Å². The lowest BCUT2D eigenvalue weighted by atomic mass is 9.92. The fourth-order valence-corrected chi connectivity index (χ4v) is 2.70. The molecule has 1 fully saturated rings. The van der Waals surface area contributed by atoms with E-state index in [1.807, 2.05) is 4.90 Å². The number of hydrogen-bond donors (Lipinski definition) is 0. The van der Waals surface area contributed by atoms with Crippen molar-refractivity contribution in [3.8, 4) is 0 Å². The molecule has 0 heterocycles. The third-order valence-corrected chi connectivity index (χ3v) is 8.84. The van der Waals surface area contributed by atoms with Crippen LogP contribution in [0.25, 0.3) is 0 Å². The van der Waals surface area contributed by atoms with Gasteiger partial charge in [-0.05, 0) is 37.4 Å². The van der Waals surface area contributed by atoms with Gasteiger partial charge in [-0.3, -0.25) is 4.79 Å². The summed E-state index contributed by atoms with van der Waals surface area (Å²) in [5, 5.41) is 0.246. The smallest absolute Gasteiger partial charge is 0.210 e. The van der Waals surface area contributed by atoms with Crippen molar-refractivity contribution in [1.82, 2.24) is 4.90 Å². The molecule has 100 valence electrons. The van der Waals surface area contributed by atoms with Crippen molar-refractivity contribution in [2.75, 3.05) is 13.2 Å². The topological polar surface area (TPSA) is 29.5 Å². The summed E-state index contributed by atoms with van der Waals surface area (Å²) in [5.74, 6) is 0. The molecule has 17 heavy (non-hydrogen) atoms. The first kappa shape index (κ1) is 14.7. The van der Waals surface area contributed by atoms with Crippen LogP contribution in [0.4, 0.5) is 0 Å². The molecule has 0 N–H and O–H groups in total. The molecular weight excluding hydrogens is 230 g/mol. The minimum absolute atomic E-state index is 0.246. The SMILES string of the molecule is CC(C)(C)[Si](C)(C)OCCN(C=O)C1CCC1. The average molecular weight is 257 g/mol. The summed E-state index contributed by atoms with van der Waals surface area (Å²) in [6, 6.07) is 0.482. The lowest BCUT2D eigenvalue weighted by Crippen LogP contribution is -2.45. The molecule has 1 saturated carbocycles. The van der Waals surface area contributed by atoms with Crippen molar-refractivity contribution in [3.63, 3.8) is 0 Å². The van der Waals surface area contributed by atoms with Crippen LogP contribution in [-0.4, -0.2) is 38.8 Å². The van der Waals surface area contributed by atoms with E-state index in [0.717, 1.165) is 13.0 Å². The third kappa shape index (κ3) is 3.81. The highest BCUT2D eigenvalue weighted by Gasteiger charge is 2.37. The molecule has 1 amide bonds. The Kier molecular flexibility index (Phi) is 4.78. The fourth-order valence-electron chi connectivity index (χ4n) is 1.66. The van der Waals surface area contributed by atoms with Gasteiger partial charge in [-0.25, -0.2) is 0 Å². The van der Waals surface area contributed by atoms with Crippen LogP contribution in [0.1, 0.15) is 40.0 Å². The molecule has 0 unspecified atom stereocenters. The van der Waals surface area contributed by atoms with Crippen LogP contribution in [0, 0.1) is 0 Å². The Morgan fingerprint density at radius 1 is 1.35 bits per heavy atom. The molecule has 0 aromatic heterocycles. The summed E-state index contributed by atoms with van der Waals surface area (Å²) in [5.41, 5.74) is 0. The van der Waals surface area contributed by atoms with Gasteiger partial charge in [0.2, 0.25) is 6.41 Å². The minimum Gasteiger partial charge on any atom is -0.415 e.